The minimum Gasteiger partial charge on any atom is -0.464 e. The lowest BCUT2D eigenvalue weighted by Crippen LogP contribution is -2.49. The average molecular weight is 230 g/mol. The summed E-state index contributed by atoms with van der Waals surface area (Å²) in [6.45, 7) is 9.98. The topological polar surface area (TPSA) is 63.6 Å². The molecule has 0 aromatic heterocycles. The zero-order valence-corrected chi connectivity index (χ0v) is 11.0. The minimum atomic E-state index is -1.76. The van der Waals surface area contributed by atoms with Crippen LogP contribution in [0, 0.1) is 11.3 Å². The summed E-state index contributed by atoms with van der Waals surface area (Å²) in [5.74, 6) is -1.70. The monoisotopic (exact) mass is 230 g/mol. The van der Waals surface area contributed by atoms with Gasteiger partial charge in [-0.2, -0.15) is 0 Å². The fourth-order valence-electron chi connectivity index (χ4n) is 1.36. The van der Waals surface area contributed by atoms with Crippen molar-refractivity contribution in [3.05, 3.63) is 0 Å². The van der Waals surface area contributed by atoms with E-state index in [0.29, 0.717) is 0 Å². The highest BCUT2D eigenvalue weighted by Gasteiger charge is 2.44. The van der Waals surface area contributed by atoms with E-state index in [2.05, 4.69) is 0 Å². The summed E-state index contributed by atoms with van der Waals surface area (Å²) in [5, 5.41) is 10.0. The Bertz CT molecular complexity index is 273. The molecule has 0 heterocycles. The van der Waals surface area contributed by atoms with Crippen molar-refractivity contribution in [1.29, 1.82) is 0 Å². The number of ether oxygens (including phenoxy) is 1. The third-order valence-corrected chi connectivity index (χ3v) is 2.66. The standard InChI is InChI=1S/C12H22O4/c1-7-16-10(14)12(6,15)8(2)9(13)11(3,4)5/h8,15H,7H2,1-6H3. The van der Waals surface area contributed by atoms with Gasteiger partial charge < -0.3 is 9.84 Å². The zero-order valence-electron chi connectivity index (χ0n) is 11.0. The van der Waals surface area contributed by atoms with E-state index >= 15 is 0 Å². The highest BCUT2D eigenvalue weighted by atomic mass is 16.5. The molecule has 2 atom stereocenters. The molecular formula is C12H22O4. The molecule has 0 aliphatic heterocycles. The van der Waals surface area contributed by atoms with Gasteiger partial charge in [-0.05, 0) is 13.8 Å². The summed E-state index contributed by atoms with van der Waals surface area (Å²) >= 11 is 0. The molecule has 0 amide bonds. The van der Waals surface area contributed by atoms with Gasteiger partial charge in [0.05, 0.1) is 12.5 Å². The number of carbonyl (C=O) groups is 2. The Kier molecular flexibility index (Phi) is 4.68. The molecule has 0 aromatic carbocycles. The fourth-order valence-corrected chi connectivity index (χ4v) is 1.36. The normalized spacial score (nSPS) is 17.4. The van der Waals surface area contributed by atoms with Gasteiger partial charge in [-0.25, -0.2) is 4.79 Å². The van der Waals surface area contributed by atoms with Crippen LogP contribution in [0.3, 0.4) is 0 Å². The Morgan fingerprint density at radius 1 is 1.25 bits per heavy atom. The summed E-state index contributed by atoms with van der Waals surface area (Å²) in [7, 11) is 0. The van der Waals surface area contributed by atoms with E-state index in [-0.39, 0.29) is 12.4 Å². The SMILES string of the molecule is CCOC(=O)C(C)(O)C(C)C(=O)C(C)(C)C. The predicted molar refractivity (Wildman–Crippen MR) is 60.9 cm³/mol. The largest absolute Gasteiger partial charge is 0.464 e. The molecule has 0 aromatic rings. The van der Waals surface area contributed by atoms with Gasteiger partial charge in [0.1, 0.15) is 5.78 Å². The Hall–Kier alpha value is -0.900. The molecular weight excluding hydrogens is 208 g/mol. The average Bonchev–Trinajstić information content (AvgIpc) is 2.14. The smallest absolute Gasteiger partial charge is 0.338 e. The predicted octanol–water partition coefficient (Wildman–Crippen LogP) is 1.55. The lowest BCUT2D eigenvalue weighted by Gasteiger charge is -2.31. The molecule has 0 fully saturated rings. The lowest BCUT2D eigenvalue weighted by molar-refractivity contribution is -0.172. The van der Waals surface area contributed by atoms with E-state index in [9.17, 15) is 14.7 Å². The second-order valence-corrected chi connectivity index (χ2v) is 5.20. The number of hydrogen-bond donors (Lipinski definition) is 1. The zero-order chi connectivity index (χ0) is 13.1. The second kappa shape index (κ2) is 4.95. The van der Waals surface area contributed by atoms with Gasteiger partial charge in [0.2, 0.25) is 0 Å². The van der Waals surface area contributed by atoms with E-state index in [4.69, 9.17) is 4.74 Å². The van der Waals surface area contributed by atoms with Crippen molar-refractivity contribution < 1.29 is 19.4 Å². The first-order valence-electron chi connectivity index (χ1n) is 5.49. The molecule has 2 unspecified atom stereocenters. The first-order chi connectivity index (χ1) is 7.05. The van der Waals surface area contributed by atoms with Crippen LogP contribution in [0.4, 0.5) is 0 Å². The fraction of sp³-hybridized carbons (Fsp3) is 0.833. The van der Waals surface area contributed by atoms with Crippen molar-refractivity contribution in [2.75, 3.05) is 6.61 Å². The molecule has 0 bridgehead atoms. The number of esters is 1. The summed E-state index contributed by atoms with van der Waals surface area (Å²) in [4.78, 5) is 23.5. The van der Waals surface area contributed by atoms with Crippen LogP contribution in [0.5, 0.6) is 0 Å². The van der Waals surface area contributed by atoms with Gasteiger partial charge in [-0.1, -0.05) is 27.7 Å². The molecule has 4 nitrogen and oxygen atoms in total. The van der Waals surface area contributed by atoms with Crippen LogP contribution in [0.15, 0.2) is 0 Å². The van der Waals surface area contributed by atoms with E-state index in [1.165, 1.54) is 6.92 Å². The molecule has 0 saturated heterocycles. The molecule has 0 rings (SSSR count). The molecule has 0 aliphatic rings. The van der Waals surface area contributed by atoms with Crippen LogP contribution < -0.4 is 0 Å². The highest BCUT2D eigenvalue weighted by Crippen LogP contribution is 2.28. The van der Waals surface area contributed by atoms with Gasteiger partial charge in [0, 0.05) is 5.41 Å². The van der Waals surface area contributed by atoms with Crippen molar-refractivity contribution in [3.8, 4) is 0 Å². The summed E-state index contributed by atoms with van der Waals surface area (Å²) in [5.41, 5.74) is -2.35. The van der Waals surface area contributed by atoms with Gasteiger partial charge in [0.25, 0.3) is 0 Å². The number of hydrogen-bond acceptors (Lipinski definition) is 4. The van der Waals surface area contributed by atoms with Crippen LogP contribution in [0.25, 0.3) is 0 Å². The van der Waals surface area contributed by atoms with Crippen molar-refractivity contribution in [2.24, 2.45) is 11.3 Å². The van der Waals surface area contributed by atoms with Crippen LogP contribution in [0.2, 0.25) is 0 Å². The molecule has 0 saturated carbocycles. The minimum absolute atomic E-state index is 0.162. The number of carbonyl (C=O) groups excluding carboxylic acids is 2. The number of rotatable bonds is 4. The molecule has 16 heavy (non-hydrogen) atoms. The molecule has 0 radical (unpaired) electrons. The third kappa shape index (κ3) is 3.30. The van der Waals surface area contributed by atoms with E-state index in [0.717, 1.165) is 0 Å². The molecule has 1 N–H and O–H groups in total. The van der Waals surface area contributed by atoms with Crippen molar-refractivity contribution in [3.63, 3.8) is 0 Å². The van der Waals surface area contributed by atoms with Gasteiger partial charge in [0.15, 0.2) is 5.60 Å². The highest BCUT2D eigenvalue weighted by molar-refractivity contribution is 5.93. The van der Waals surface area contributed by atoms with E-state index in [1.807, 2.05) is 0 Å². The summed E-state index contributed by atoms with van der Waals surface area (Å²) < 4.78 is 4.75. The number of Topliss-reactive ketones (excluding diaryl/α,β-unsaturated/α-hetero) is 1. The maximum absolute atomic E-state index is 12.0. The van der Waals surface area contributed by atoms with Crippen LogP contribution in [-0.2, 0) is 14.3 Å². The summed E-state index contributed by atoms with van der Waals surface area (Å²) in [6.07, 6.45) is 0. The first-order valence-corrected chi connectivity index (χ1v) is 5.49. The molecule has 0 spiro atoms. The van der Waals surface area contributed by atoms with Crippen molar-refractivity contribution in [2.45, 2.75) is 47.1 Å². The van der Waals surface area contributed by atoms with Gasteiger partial charge in [-0.3, -0.25) is 4.79 Å². The number of aliphatic hydroxyl groups is 1. The second-order valence-electron chi connectivity index (χ2n) is 5.20. The quantitative estimate of drug-likeness (QED) is 0.744. The van der Waals surface area contributed by atoms with E-state index < -0.39 is 22.9 Å². The van der Waals surface area contributed by atoms with Crippen molar-refractivity contribution in [1.82, 2.24) is 0 Å². The third-order valence-electron chi connectivity index (χ3n) is 2.66. The van der Waals surface area contributed by atoms with Gasteiger partial charge in [-0.15, -0.1) is 0 Å². The lowest BCUT2D eigenvalue weighted by atomic mass is 9.76. The Balaban J connectivity index is 4.90. The van der Waals surface area contributed by atoms with Crippen LogP contribution in [0.1, 0.15) is 41.5 Å². The first kappa shape index (κ1) is 15.1. The van der Waals surface area contributed by atoms with Crippen LogP contribution in [-0.4, -0.2) is 29.1 Å². The molecule has 94 valence electrons. The maximum atomic E-state index is 12.0. The molecule has 0 aliphatic carbocycles. The van der Waals surface area contributed by atoms with Crippen LogP contribution >= 0.6 is 0 Å². The summed E-state index contributed by atoms with van der Waals surface area (Å²) in [6, 6.07) is 0. The Morgan fingerprint density at radius 3 is 2.00 bits per heavy atom. The van der Waals surface area contributed by atoms with Gasteiger partial charge >= 0.3 is 5.97 Å². The Morgan fingerprint density at radius 2 is 1.69 bits per heavy atom. The van der Waals surface area contributed by atoms with Crippen molar-refractivity contribution >= 4 is 11.8 Å². The number of ketones is 1. The maximum Gasteiger partial charge on any atom is 0.338 e. The molecule has 4 heteroatoms. The Labute approximate surface area is 97.0 Å². The van der Waals surface area contributed by atoms with E-state index in [1.54, 1.807) is 34.6 Å².